The van der Waals surface area contributed by atoms with Crippen LogP contribution in [0.15, 0.2) is 34.8 Å². The number of hydrogen-bond donors (Lipinski definition) is 2. The lowest BCUT2D eigenvalue weighted by Crippen LogP contribution is -2.25. The Morgan fingerprint density at radius 3 is 2.62 bits per heavy atom. The number of pyridine rings is 1. The molecular formula is C14H19N3O2S2. The first kappa shape index (κ1) is 16.1. The Morgan fingerprint density at radius 1 is 1.24 bits per heavy atom. The summed E-state index contributed by atoms with van der Waals surface area (Å²) in [5.74, 6) is 0. The molecule has 0 atom stereocenters. The van der Waals surface area contributed by atoms with Crippen molar-refractivity contribution in [3.8, 4) is 0 Å². The third kappa shape index (κ3) is 4.10. The molecule has 2 rings (SSSR count). The van der Waals surface area contributed by atoms with Crippen LogP contribution in [0.1, 0.15) is 22.9 Å². The fourth-order valence-electron chi connectivity index (χ4n) is 1.96. The Morgan fingerprint density at radius 2 is 1.95 bits per heavy atom. The van der Waals surface area contributed by atoms with Gasteiger partial charge in [0.25, 0.3) is 0 Å². The van der Waals surface area contributed by atoms with Crippen LogP contribution in [0.5, 0.6) is 0 Å². The zero-order valence-electron chi connectivity index (χ0n) is 12.1. The summed E-state index contributed by atoms with van der Waals surface area (Å²) in [4.78, 5) is 5.17. The summed E-state index contributed by atoms with van der Waals surface area (Å²) in [7, 11) is -3.51. The molecule has 2 aromatic heterocycles. The molecule has 0 aromatic carbocycles. The summed E-state index contributed by atoms with van der Waals surface area (Å²) in [6, 6.07) is 3.59. The Hall–Kier alpha value is -1.28. The highest BCUT2D eigenvalue weighted by Gasteiger charge is 2.22. The first-order chi connectivity index (χ1) is 10.0. The number of sulfonamides is 1. The number of aromatic nitrogens is 1. The molecule has 0 aliphatic rings. The highest BCUT2D eigenvalue weighted by molar-refractivity contribution is 7.89. The molecule has 21 heavy (non-hydrogen) atoms. The lowest BCUT2D eigenvalue weighted by molar-refractivity contribution is 0.579. The first-order valence-electron chi connectivity index (χ1n) is 6.71. The van der Waals surface area contributed by atoms with Crippen molar-refractivity contribution in [2.45, 2.75) is 31.8 Å². The maximum absolute atomic E-state index is 12.5. The van der Waals surface area contributed by atoms with Crippen molar-refractivity contribution in [1.82, 2.24) is 15.0 Å². The second-order valence-corrected chi connectivity index (χ2v) is 7.30. The van der Waals surface area contributed by atoms with Crippen molar-refractivity contribution >= 4 is 21.4 Å². The maximum atomic E-state index is 12.5. The number of hydrogen-bond acceptors (Lipinski definition) is 5. The highest BCUT2D eigenvalue weighted by atomic mass is 32.2. The van der Waals surface area contributed by atoms with Crippen LogP contribution in [0.25, 0.3) is 0 Å². The van der Waals surface area contributed by atoms with E-state index in [1.165, 1.54) is 11.3 Å². The average Bonchev–Trinajstić information content (AvgIpc) is 2.86. The van der Waals surface area contributed by atoms with Crippen molar-refractivity contribution in [3.05, 3.63) is 45.9 Å². The van der Waals surface area contributed by atoms with Gasteiger partial charge in [-0.3, -0.25) is 4.98 Å². The van der Waals surface area contributed by atoms with E-state index in [4.69, 9.17) is 0 Å². The number of thiophene rings is 1. The van der Waals surface area contributed by atoms with E-state index in [1.54, 1.807) is 24.5 Å². The molecule has 2 heterocycles. The maximum Gasteiger partial charge on any atom is 0.242 e. The number of nitrogens with one attached hydrogen (secondary N) is 2. The Labute approximate surface area is 129 Å². The smallest absolute Gasteiger partial charge is 0.242 e. The van der Waals surface area contributed by atoms with Gasteiger partial charge >= 0.3 is 0 Å². The quantitative estimate of drug-likeness (QED) is 0.817. The van der Waals surface area contributed by atoms with Crippen molar-refractivity contribution in [2.24, 2.45) is 0 Å². The minimum Gasteiger partial charge on any atom is -0.312 e. The standard InChI is InChI=1S/C14H19N3O2S2/c1-3-15-9-13-14(11(2)10-20-13)21(18,19)17-8-12-4-6-16-7-5-12/h4-7,10,15,17H,3,8-9H2,1-2H3. The van der Waals surface area contributed by atoms with E-state index in [1.807, 2.05) is 19.2 Å². The zero-order valence-corrected chi connectivity index (χ0v) is 13.7. The van der Waals surface area contributed by atoms with Gasteiger partial charge in [0, 0.05) is 30.4 Å². The van der Waals surface area contributed by atoms with Gasteiger partial charge in [-0.25, -0.2) is 13.1 Å². The number of rotatable bonds is 7. The van der Waals surface area contributed by atoms with Crippen LogP contribution in [0.3, 0.4) is 0 Å². The van der Waals surface area contributed by atoms with Gasteiger partial charge in [0.1, 0.15) is 4.90 Å². The van der Waals surface area contributed by atoms with Gasteiger partial charge in [0.15, 0.2) is 0 Å². The molecular weight excluding hydrogens is 306 g/mol. The summed E-state index contributed by atoms with van der Waals surface area (Å²) in [6.45, 7) is 5.46. The molecule has 0 saturated carbocycles. The Balaban J connectivity index is 2.17. The first-order valence-corrected chi connectivity index (χ1v) is 9.07. The van der Waals surface area contributed by atoms with Crippen LogP contribution >= 0.6 is 11.3 Å². The summed E-state index contributed by atoms with van der Waals surface area (Å²) in [5, 5.41) is 5.06. The molecule has 0 unspecified atom stereocenters. The second-order valence-electron chi connectivity index (χ2n) is 4.63. The van der Waals surface area contributed by atoms with Crippen LogP contribution in [0.2, 0.25) is 0 Å². The lowest BCUT2D eigenvalue weighted by Gasteiger charge is -2.09. The molecule has 0 bridgehead atoms. The number of nitrogens with zero attached hydrogens (tertiary/aromatic N) is 1. The molecule has 0 fully saturated rings. The summed E-state index contributed by atoms with van der Waals surface area (Å²) in [6.07, 6.45) is 3.30. The van der Waals surface area contributed by atoms with E-state index in [0.717, 1.165) is 22.5 Å². The van der Waals surface area contributed by atoms with E-state index in [0.29, 0.717) is 11.4 Å². The fraction of sp³-hybridized carbons (Fsp3) is 0.357. The summed E-state index contributed by atoms with van der Waals surface area (Å²) >= 11 is 1.47. The van der Waals surface area contributed by atoms with Crippen LogP contribution in [-0.4, -0.2) is 19.9 Å². The predicted octanol–water partition coefficient (Wildman–Crippen LogP) is 2.04. The molecule has 0 saturated heterocycles. The Kier molecular flexibility index (Phi) is 5.46. The van der Waals surface area contributed by atoms with E-state index < -0.39 is 10.0 Å². The second kappa shape index (κ2) is 7.13. The van der Waals surface area contributed by atoms with E-state index >= 15 is 0 Å². The van der Waals surface area contributed by atoms with E-state index in [9.17, 15) is 8.42 Å². The van der Waals surface area contributed by atoms with Crippen molar-refractivity contribution < 1.29 is 8.42 Å². The average molecular weight is 325 g/mol. The van der Waals surface area contributed by atoms with E-state index in [2.05, 4.69) is 15.0 Å². The molecule has 0 spiro atoms. The molecule has 0 aliphatic heterocycles. The Bertz CT molecular complexity index is 681. The fourth-order valence-corrected chi connectivity index (χ4v) is 4.75. The van der Waals surface area contributed by atoms with Gasteiger partial charge in [-0.05, 0) is 42.1 Å². The van der Waals surface area contributed by atoms with Crippen LogP contribution < -0.4 is 10.0 Å². The van der Waals surface area contributed by atoms with Crippen molar-refractivity contribution in [2.75, 3.05) is 6.54 Å². The van der Waals surface area contributed by atoms with Crippen LogP contribution in [0, 0.1) is 6.92 Å². The molecule has 5 nitrogen and oxygen atoms in total. The number of aryl methyl sites for hydroxylation is 1. The van der Waals surface area contributed by atoms with Gasteiger partial charge in [-0.15, -0.1) is 11.3 Å². The molecule has 114 valence electrons. The minimum absolute atomic E-state index is 0.265. The van der Waals surface area contributed by atoms with Gasteiger partial charge in [-0.1, -0.05) is 6.92 Å². The van der Waals surface area contributed by atoms with Crippen LogP contribution in [-0.2, 0) is 23.1 Å². The van der Waals surface area contributed by atoms with Crippen molar-refractivity contribution in [3.63, 3.8) is 0 Å². The minimum atomic E-state index is -3.51. The zero-order chi connectivity index (χ0) is 15.3. The molecule has 0 aliphatic carbocycles. The highest BCUT2D eigenvalue weighted by Crippen LogP contribution is 2.26. The monoisotopic (exact) mass is 325 g/mol. The molecule has 0 radical (unpaired) electrons. The summed E-state index contributed by atoms with van der Waals surface area (Å²) in [5.41, 5.74) is 1.67. The lowest BCUT2D eigenvalue weighted by atomic mass is 10.3. The third-order valence-electron chi connectivity index (χ3n) is 3.01. The SMILES string of the molecule is CCNCc1scc(C)c1S(=O)(=O)NCc1ccncc1. The molecule has 2 N–H and O–H groups in total. The van der Waals surface area contributed by atoms with Crippen molar-refractivity contribution in [1.29, 1.82) is 0 Å². The normalized spacial score (nSPS) is 11.7. The van der Waals surface area contributed by atoms with Gasteiger partial charge < -0.3 is 5.32 Å². The molecule has 0 amide bonds. The van der Waals surface area contributed by atoms with Gasteiger partial charge in [0.2, 0.25) is 10.0 Å². The topological polar surface area (TPSA) is 71.1 Å². The molecule has 2 aromatic rings. The predicted molar refractivity (Wildman–Crippen MR) is 84.7 cm³/mol. The summed E-state index contributed by atoms with van der Waals surface area (Å²) < 4.78 is 27.7. The van der Waals surface area contributed by atoms with Crippen LogP contribution in [0.4, 0.5) is 0 Å². The largest absolute Gasteiger partial charge is 0.312 e. The third-order valence-corrected chi connectivity index (χ3v) is 5.87. The van der Waals surface area contributed by atoms with Gasteiger partial charge in [-0.2, -0.15) is 0 Å². The van der Waals surface area contributed by atoms with E-state index in [-0.39, 0.29) is 6.54 Å². The van der Waals surface area contributed by atoms with Gasteiger partial charge in [0.05, 0.1) is 0 Å². The molecule has 7 heteroatoms.